The molecule has 9 heteroatoms. The van der Waals surface area contributed by atoms with Gasteiger partial charge in [-0.05, 0) is 47.4 Å². The first-order chi connectivity index (χ1) is 21.7. The fraction of sp³-hybridized carbons (Fsp3) is 0.229. The molecule has 44 heavy (non-hydrogen) atoms. The van der Waals surface area contributed by atoms with E-state index in [1.807, 2.05) is 48.7 Å². The van der Waals surface area contributed by atoms with Gasteiger partial charge in [0.05, 0.1) is 19.7 Å². The van der Waals surface area contributed by atoms with Gasteiger partial charge >= 0.3 is 0 Å². The largest absolute Gasteiger partial charge is 0.497 e. The van der Waals surface area contributed by atoms with E-state index < -0.39 is 6.04 Å². The number of aromatic nitrogens is 5. The van der Waals surface area contributed by atoms with E-state index in [1.165, 1.54) is 10.9 Å². The van der Waals surface area contributed by atoms with Gasteiger partial charge in [0.2, 0.25) is 5.91 Å². The molecular formula is C35H35N7O2. The number of rotatable bonds is 11. The van der Waals surface area contributed by atoms with Crippen LogP contribution in [0.1, 0.15) is 34.4 Å². The van der Waals surface area contributed by atoms with Crippen molar-refractivity contribution in [1.82, 2.24) is 35.4 Å². The molecule has 0 saturated carbocycles. The highest BCUT2D eigenvalue weighted by Gasteiger charge is 2.28. The van der Waals surface area contributed by atoms with Crippen LogP contribution in [-0.2, 0) is 30.6 Å². The number of benzene rings is 3. The van der Waals surface area contributed by atoms with Crippen molar-refractivity contribution in [2.75, 3.05) is 13.7 Å². The van der Waals surface area contributed by atoms with Crippen molar-refractivity contribution in [2.24, 2.45) is 0 Å². The van der Waals surface area contributed by atoms with Crippen molar-refractivity contribution in [3.05, 3.63) is 126 Å². The summed E-state index contributed by atoms with van der Waals surface area (Å²) < 4.78 is 7.57. The monoisotopic (exact) mass is 585 g/mol. The maximum absolute atomic E-state index is 13.5. The van der Waals surface area contributed by atoms with Crippen LogP contribution in [0.2, 0.25) is 0 Å². The molecular weight excluding hydrogens is 550 g/mol. The second-order valence-corrected chi connectivity index (χ2v) is 11.2. The average molecular weight is 586 g/mol. The summed E-state index contributed by atoms with van der Waals surface area (Å²) in [7, 11) is 1.67. The molecule has 4 N–H and O–H groups in total. The summed E-state index contributed by atoms with van der Waals surface area (Å²) >= 11 is 0. The Bertz CT molecular complexity index is 1930. The van der Waals surface area contributed by atoms with E-state index in [9.17, 15) is 4.79 Å². The van der Waals surface area contributed by atoms with Crippen LogP contribution in [0, 0.1) is 0 Å². The number of carbonyl (C=O) groups is 1. The van der Waals surface area contributed by atoms with Gasteiger partial charge in [0.25, 0.3) is 0 Å². The molecule has 222 valence electrons. The van der Waals surface area contributed by atoms with Crippen LogP contribution in [-0.4, -0.2) is 50.3 Å². The zero-order valence-electron chi connectivity index (χ0n) is 24.6. The number of aromatic amines is 2. The summed E-state index contributed by atoms with van der Waals surface area (Å²) in [5, 5.41) is 18.4. The standard InChI is InChI=1S/C35H35N7O2/c1-44-26-15-12-23(13-16-26)22-42-33(17-14-24-20-37-29-9-4-2-7-27(24)29)40-41-34(42)32(39-35(43)31-11-6-18-36-31)19-25-21-38-30-10-5-3-8-28(25)30/h2-13,15-16,20-21,31-32,36-38H,14,17-19,22H2,1H3,(H,39,43)/t31?,32-/m1/s1. The summed E-state index contributed by atoms with van der Waals surface area (Å²) in [6.45, 7) is 1.24. The summed E-state index contributed by atoms with van der Waals surface area (Å²) in [6.07, 6.45) is 10.1. The number of hydrogen-bond acceptors (Lipinski definition) is 5. The first-order valence-corrected chi connectivity index (χ1v) is 15.0. The number of fused-ring (bicyclic) bond motifs is 2. The second kappa shape index (κ2) is 12.2. The Morgan fingerprint density at radius 3 is 2.34 bits per heavy atom. The number of ether oxygens (including phenoxy) is 1. The Kier molecular flexibility index (Phi) is 7.69. The van der Waals surface area contributed by atoms with Crippen LogP contribution >= 0.6 is 0 Å². The molecule has 3 aromatic heterocycles. The number of amides is 1. The molecule has 3 aromatic carbocycles. The average Bonchev–Trinajstić information content (AvgIpc) is 3.88. The quantitative estimate of drug-likeness (QED) is 0.160. The van der Waals surface area contributed by atoms with E-state index in [0.717, 1.165) is 51.4 Å². The third-order valence-corrected chi connectivity index (χ3v) is 8.44. The van der Waals surface area contributed by atoms with Crippen LogP contribution in [0.5, 0.6) is 5.75 Å². The Balaban J connectivity index is 1.25. The molecule has 4 heterocycles. The minimum absolute atomic E-state index is 0.0806. The van der Waals surface area contributed by atoms with E-state index in [2.05, 4.69) is 73.8 Å². The minimum atomic E-state index is -0.398. The number of methoxy groups -OCH3 is 1. The van der Waals surface area contributed by atoms with E-state index >= 15 is 0 Å². The molecule has 2 atom stereocenters. The second-order valence-electron chi connectivity index (χ2n) is 11.2. The molecule has 0 spiro atoms. The Labute approximate surface area is 255 Å². The molecule has 1 unspecified atom stereocenters. The maximum atomic E-state index is 13.5. The molecule has 6 aromatic rings. The normalized spacial score (nSPS) is 15.2. The van der Waals surface area contributed by atoms with E-state index in [-0.39, 0.29) is 11.9 Å². The molecule has 1 aliphatic rings. The topological polar surface area (TPSA) is 113 Å². The van der Waals surface area contributed by atoms with E-state index in [0.29, 0.717) is 25.9 Å². The van der Waals surface area contributed by atoms with E-state index in [1.54, 1.807) is 7.11 Å². The van der Waals surface area contributed by atoms with E-state index in [4.69, 9.17) is 14.9 Å². The van der Waals surface area contributed by atoms with Crippen LogP contribution in [0.4, 0.5) is 0 Å². The lowest BCUT2D eigenvalue weighted by Gasteiger charge is -2.22. The fourth-order valence-corrected chi connectivity index (χ4v) is 6.10. The summed E-state index contributed by atoms with van der Waals surface area (Å²) in [5.41, 5.74) is 5.63. The van der Waals surface area contributed by atoms with Crippen molar-refractivity contribution in [3.63, 3.8) is 0 Å². The lowest BCUT2D eigenvalue weighted by molar-refractivity contribution is -0.122. The number of nitrogens with zero attached hydrogens (tertiary/aromatic N) is 3. The maximum Gasteiger partial charge on any atom is 0.241 e. The van der Waals surface area contributed by atoms with Crippen LogP contribution in [0.15, 0.2) is 97.3 Å². The molecule has 7 rings (SSSR count). The number of nitrogens with one attached hydrogen (secondary N) is 4. The Morgan fingerprint density at radius 1 is 0.932 bits per heavy atom. The number of H-pyrrole nitrogens is 2. The molecule has 9 nitrogen and oxygen atoms in total. The zero-order chi connectivity index (χ0) is 29.9. The molecule has 0 fully saturated rings. The van der Waals surface area contributed by atoms with Crippen molar-refractivity contribution in [3.8, 4) is 5.75 Å². The van der Waals surface area contributed by atoms with Crippen molar-refractivity contribution < 1.29 is 9.53 Å². The molecule has 0 aliphatic carbocycles. The van der Waals surface area contributed by atoms with Crippen LogP contribution < -0.4 is 15.4 Å². The van der Waals surface area contributed by atoms with Gasteiger partial charge in [-0.1, -0.05) is 60.7 Å². The summed E-state index contributed by atoms with van der Waals surface area (Å²) in [5.74, 6) is 2.33. The zero-order valence-corrected chi connectivity index (χ0v) is 24.6. The molecule has 1 amide bonds. The number of carbonyl (C=O) groups excluding carboxylic acids is 1. The Hall–Kier alpha value is -5.15. The lowest BCUT2D eigenvalue weighted by atomic mass is 10.0. The third kappa shape index (κ3) is 5.61. The predicted octanol–water partition coefficient (Wildman–Crippen LogP) is 5.01. The highest BCUT2D eigenvalue weighted by Crippen LogP contribution is 2.27. The van der Waals surface area contributed by atoms with Crippen molar-refractivity contribution >= 4 is 27.7 Å². The summed E-state index contributed by atoms with van der Waals surface area (Å²) in [6, 6.07) is 23.9. The molecule has 0 radical (unpaired) electrons. The van der Waals surface area contributed by atoms with Gasteiger partial charge in [-0.3, -0.25) is 10.1 Å². The first-order valence-electron chi connectivity index (χ1n) is 15.0. The lowest BCUT2D eigenvalue weighted by Crippen LogP contribution is -2.43. The number of para-hydroxylation sites is 2. The number of hydrogen-bond donors (Lipinski definition) is 4. The molecule has 0 bridgehead atoms. The number of aryl methyl sites for hydroxylation is 2. The smallest absolute Gasteiger partial charge is 0.241 e. The van der Waals surface area contributed by atoms with Gasteiger partial charge in [0, 0.05) is 53.6 Å². The first kappa shape index (κ1) is 27.7. The van der Waals surface area contributed by atoms with Gasteiger partial charge < -0.3 is 24.6 Å². The van der Waals surface area contributed by atoms with Crippen molar-refractivity contribution in [2.45, 2.75) is 37.9 Å². The van der Waals surface area contributed by atoms with Gasteiger partial charge in [-0.15, -0.1) is 10.2 Å². The minimum Gasteiger partial charge on any atom is -0.497 e. The SMILES string of the molecule is COc1ccc(Cn2c(CCc3c[nH]c4ccccc34)nnc2[C@@H](Cc2c[nH]c3ccccc23)NC(=O)C2C=CCN2)cc1. The fourth-order valence-electron chi connectivity index (χ4n) is 6.10. The molecule has 1 aliphatic heterocycles. The highest BCUT2D eigenvalue weighted by molar-refractivity contribution is 5.85. The van der Waals surface area contributed by atoms with Crippen molar-refractivity contribution in [1.29, 1.82) is 0 Å². The summed E-state index contributed by atoms with van der Waals surface area (Å²) in [4.78, 5) is 20.2. The van der Waals surface area contributed by atoms with Gasteiger partial charge in [0.15, 0.2) is 5.82 Å². The molecule has 0 saturated heterocycles. The van der Waals surface area contributed by atoms with Gasteiger partial charge in [-0.25, -0.2) is 0 Å². The van der Waals surface area contributed by atoms with Gasteiger partial charge in [-0.2, -0.15) is 0 Å². The van der Waals surface area contributed by atoms with Gasteiger partial charge in [0.1, 0.15) is 17.6 Å². The third-order valence-electron chi connectivity index (χ3n) is 8.44. The Morgan fingerprint density at radius 2 is 1.64 bits per heavy atom. The van der Waals surface area contributed by atoms with Crippen LogP contribution in [0.3, 0.4) is 0 Å². The predicted molar refractivity (Wildman–Crippen MR) is 172 cm³/mol. The highest BCUT2D eigenvalue weighted by atomic mass is 16.5. The van der Waals surface area contributed by atoms with Crippen LogP contribution in [0.25, 0.3) is 21.8 Å².